The van der Waals surface area contributed by atoms with Crippen LogP contribution in [0, 0.1) is 41.5 Å². The Bertz CT molecular complexity index is 2490. The topological polar surface area (TPSA) is 129 Å². The molecule has 262 valence electrons. The fraction of sp³-hybridized carbons (Fsp3) is 0.136. The molecule has 0 atom stereocenters. The van der Waals surface area contributed by atoms with Crippen LogP contribution < -0.4 is 0 Å². The van der Waals surface area contributed by atoms with Crippen LogP contribution >= 0.6 is 0 Å². The van der Waals surface area contributed by atoms with Crippen molar-refractivity contribution >= 4 is 0 Å². The van der Waals surface area contributed by atoms with E-state index >= 15 is 0 Å². The number of aromatic nitrogens is 10. The van der Waals surface area contributed by atoms with Gasteiger partial charge in [-0.15, -0.1) is 0 Å². The third kappa shape index (κ3) is 7.35. The summed E-state index contributed by atoms with van der Waals surface area (Å²) in [7, 11) is 0. The van der Waals surface area contributed by atoms with Crippen molar-refractivity contribution in [2.75, 3.05) is 0 Å². The Kier molecular flexibility index (Phi) is 9.00. The number of rotatable bonds is 7. The normalized spacial score (nSPS) is 11.1. The van der Waals surface area contributed by atoms with E-state index in [4.69, 9.17) is 34.9 Å². The summed E-state index contributed by atoms with van der Waals surface area (Å²) in [6, 6.07) is 28.2. The van der Waals surface area contributed by atoms with Crippen molar-refractivity contribution in [3.8, 4) is 79.2 Å². The minimum atomic E-state index is 0.501. The van der Waals surface area contributed by atoms with E-state index in [1.165, 1.54) is 0 Å². The molecule has 0 saturated heterocycles. The monoisotopic (exact) mass is 704 g/mol. The van der Waals surface area contributed by atoms with Crippen molar-refractivity contribution in [1.29, 1.82) is 0 Å². The van der Waals surface area contributed by atoms with Gasteiger partial charge in [-0.3, -0.25) is 34.9 Å². The molecule has 0 radical (unpaired) electrons. The van der Waals surface area contributed by atoms with Crippen molar-refractivity contribution in [2.24, 2.45) is 0 Å². The predicted octanol–water partition coefficient (Wildman–Crippen LogP) is 9.16. The second-order valence-corrected chi connectivity index (χ2v) is 13.4. The van der Waals surface area contributed by atoms with Gasteiger partial charge in [0.15, 0.2) is 17.5 Å². The number of hydrogen-bond acceptors (Lipinski definition) is 10. The second kappa shape index (κ2) is 14.2. The highest BCUT2D eigenvalue weighted by Gasteiger charge is 2.16. The highest BCUT2D eigenvalue weighted by molar-refractivity contribution is 5.75. The Morgan fingerprint density at radius 2 is 0.593 bits per heavy atom. The highest BCUT2D eigenvalue weighted by atomic mass is 15.0. The van der Waals surface area contributed by atoms with Crippen molar-refractivity contribution < 1.29 is 0 Å². The Morgan fingerprint density at radius 1 is 0.278 bits per heavy atom. The first-order valence-electron chi connectivity index (χ1n) is 17.6. The second-order valence-electron chi connectivity index (χ2n) is 13.4. The average molecular weight is 705 g/mol. The molecule has 54 heavy (non-hydrogen) atoms. The summed E-state index contributed by atoms with van der Waals surface area (Å²) in [5.74, 6) is 1.52. The molecule has 0 aromatic carbocycles. The molecule has 8 aromatic rings. The molecule has 8 aromatic heterocycles. The first-order valence-corrected chi connectivity index (χ1v) is 17.6. The molecule has 10 nitrogen and oxygen atoms in total. The molecule has 0 bridgehead atoms. The summed E-state index contributed by atoms with van der Waals surface area (Å²) < 4.78 is 0. The van der Waals surface area contributed by atoms with Crippen LogP contribution in [-0.2, 0) is 0 Å². The van der Waals surface area contributed by atoms with Crippen LogP contribution in [0.25, 0.3) is 79.2 Å². The van der Waals surface area contributed by atoms with Gasteiger partial charge < -0.3 is 0 Å². The Labute approximate surface area is 313 Å². The number of aryl methyl sites for hydroxylation is 6. The van der Waals surface area contributed by atoms with E-state index < -0.39 is 0 Å². The highest BCUT2D eigenvalue weighted by Crippen LogP contribution is 2.31. The van der Waals surface area contributed by atoms with Gasteiger partial charge in [-0.25, -0.2) is 15.0 Å². The van der Waals surface area contributed by atoms with E-state index in [9.17, 15) is 0 Å². The molecule has 0 spiro atoms. The van der Waals surface area contributed by atoms with Gasteiger partial charge in [0.2, 0.25) is 0 Å². The summed E-state index contributed by atoms with van der Waals surface area (Å²) >= 11 is 0. The van der Waals surface area contributed by atoms with Gasteiger partial charge in [0.05, 0.1) is 22.8 Å². The molecular formula is C44H36N10. The summed E-state index contributed by atoms with van der Waals surface area (Å²) in [4.78, 5) is 47.4. The average Bonchev–Trinajstić information content (AvgIpc) is 3.17. The third-order valence-corrected chi connectivity index (χ3v) is 8.87. The zero-order chi connectivity index (χ0) is 37.3. The fourth-order valence-corrected chi connectivity index (χ4v) is 6.62. The zero-order valence-corrected chi connectivity index (χ0v) is 30.9. The smallest absolute Gasteiger partial charge is 0.164 e. The first kappa shape index (κ1) is 34.2. The predicted molar refractivity (Wildman–Crippen MR) is 211 cm³/mol. The molecule has 0 fully saturated rings. The Hall–Kier alpha value is -6.94. The molecule has 0 aliphatic rings. The molecule has 0 saturated carbocycles. The number of pyridine rings is 7. The lowest BCUT2D eigenvalue weighted by molar-refractivity contribution is 1.07. The maximum absolute atomic E-state index is 5.03. The van der Waals surface area contributed by atoms with E-state index in [-0.39, 0.29) is 0 Å². The van der Waals surface area contributed by atoms with Crippen molar-refractivity contribution in [2.45, 2.75) is 41.5 Å². The molecule has 10 heteroatoms. The largest absolute Gasteiger partial charge is 0.265 e. The quantitative estimate of drug-likeness (QED) is 0.158. The molecule has 8 rings (SSSR count). The van der Waals surface area contributed by atoms with Gasteiger partial charge in [-0.1, -0.05) is 0 Å². The summed E-state index contributed by atoms with van der Waals surface area (Å²) in [5, 5.41) is 0. The molecule has 0 aliphatic carbocycles. The lowest BCUT2D eigenvalue weighted by Crippen LogP contribution is -2.01. The van der Waals surface area contributed by atoms with Gasteiger partial charge in [-0.05, 0) is 149 Å². The van der Waals surface area contributed by atoms with Crippen molar-refractivity contribution in [1.82, 2.24) is 49.8 Å². The minimum absolute atomic E-state index is 0.501. The Balaban J connectivity index is 1.21. The van der Waals surface area contributed by atoms with Crippen LogP contribution in [0.15, 0.2) is 110 Å². The fourth-order valence-electron chi connectivity index (χ4n) is 6.62. The minimum Gasteiger partial charge on any atom is -0.265 e. The van der Waals surface area contributed by atoms with Crippen molar-refractivity contribution in [3.05, 3.63) is 144 Å². The maximum Gasteiger partial charge on any atom is 0.164 e. The summed E-state index contributed by atoms with van der Waals surface area (Å²) in [6.45, 7) is 12.0. The molecule has 0 unspecified atom stereocenters. The molecule has 0 N–H and O–H groups in total. The van der Waals surface area contributed by atoms with Gasteiger partial charge in [0, 0.05) is 75.6 Å². The van der Waals surface area contributed by atoms with E-state index in [0.29, 0.717) is 28.9 Å². The van der Waals surface area contributed by atoms with Crippen LogP contribution in [0.4, 0.5) is 0 Å². The standard InChI is InChI=1S/C44H36N10/c1-25-15-34(16-26(2)48-25)36-19-29(5)50-40(23-36)38-21-32(9-13-46-38)43-52-42(31-7-11-45-12-8-31)53-44(54-43)33-10-14-47-39(22-33)41-24-37(20-30(6)51-41)35-17-27(3)49-28(4)18-35/h7-24H,1-6H3. The van der Waals surface area contributed by atoms with E-state index in [1.54, 1.807) is 24.8 Å². The van der Waals surface area contributed by atoms with Crippen LogP contribution in [-0.4, -0.2) is 49.8 Å². The Morgan fingerprint density at radius 3 is 1.00 bits per heavy atom. The van der Waals surface area contributed by atoms with E-state index in [1.807, 2.05) is 77.9 Å². The van der Waals surface area contributed by atoms with E-state index in [2.05, 4.69) is 63.5 Å². The molecule has 8 heterocycles. The van der Waals surface area contributed by atoms with Gasteiger partial charge in [0.25, 0.3) is 0 Å². The van der Waals surface area contributed by atoms with Crippen LogP contribution in [0.3, 0.4) is 0 Å². The maximum atomic E-state index is 5.03. The zero-order valence-electron chi connectivity index (χ0n) is 30.9. The van der Waals surface area contributed by atoms with Gasteiger partial charge in [0.1, 0.15) is 0 Å². The van der Waals surface area contributed by atoms with Gasteiger partial charge >= 0.3 is 0 Å². The van der Waals surface area contributed by atoms with Gasteiger partial charge in [-0.2, -0.15) is 0 Å². The van der Waals surface area contributed by atoms with Crippen LogP contribution in [0.1, 0.15) is 34.2 Å². The molecule has 0 amide bonds. The van der Waals surface area contributed by atoms with E-state index in [0.717, 1.165) is 84.5 Å². The lowest BCUT2D eigenvalue weighted by atomic mass is 10.0. The molecular weight excluding hydrogens is 669 g/mol. The van der Waals surface area contributed by atoms with Crippen LogP contribution in [0.2, 0.25) is 0 Å². The summed E-state index contributed by atoms with van der Waals surface area (Å²) in [5.41, 5.74) is 15.2. The first-order chi connectivity index (χ1) is 26.1. The van der Waals surface area contributed by atoms with Crippen LogP contribution in [0.5, 0.6) is 0 Å². The molecule has 0 aliphatic heterocycles. The lowest BCUT2D eigenvalue weighted by Gasteiger charge is -2.11. The number of nitrogens with zero attached hydrogens (tertiary/aromatic N) is 10. The van der Waals surface area contributed by atoms with Crippen molar-refractivity contribution in [3.63, 3.8) is 0 Å². The SMILES string of the molecule is Cc1cc(-c2cc(C)nc(-c3cc(-c4nc(-c5ccncc5)nc(-c5ccnc(-c6cc(-c7cc(C)nc(C)c7)cc(C)n6)c5)n4)ccn3)c2)cc(C)n1. The summed E-state index contributed by atoms with van der Waals surface area (Å²) in [6.07, 6.45) is 6.99. The third-order valence-electron chi connectivity index (χ3n) is 8.87. The number of hydrogen-bond donors (Lipinski definition) is 0.